The molecule has 4 aromatic carbocycles. The van der Waals surface area contributed by atoms with Crippen LogP contribution >= 0.6 is 0 Å². The van der Waals surface area contributed by atoms with Crippen LogP contribution in [0.15, 0.2) is 79.0 Å². The Balaban J connectivity index is 1.79. The minimum atomic E-state index is -2.52. The van der Waals surface area contributed by atoms with Gasteiger partial charge in [-0.05, 0) is 23.3 Å². The van der Waals surface area contributed by atoms with E-state index in [2.05, 4.69) is 9.97 Å². The van der Waals surface area contributed by atoms with Crippen LogP contribution in [0.2, 0.25) is 0 Å². The van der Waals surface area contributed by atoms with E-state index < -0.39 is 92.4 Å². The fraction of sp³-hybridized carbons (Fsp3) is 0.0294. The lowest BCUT2D eigenvalue weighted by molar-refractivity contribution is 0.102. The lowest BCUT2D eigenvalue weighted by atomic mass is 9.85. The normalized spacial score (nSPS) is 12.0. The maximum absolute atomic E-state index is 15.5. The fourth-order valence-electron chi connectivity index (χ4n) is 5.49. The second-order valence-electron chi connectivity index (χ2n) is 10.2. The number of carbonyl (C=O) groups excluding carboxylic acids is 1. The number of hydrogen-bond donors (Lipinski definition) is 2. The number of ketones is 1. The summed E-state index contributed by atoms with van der Waals surface area (Å²) in [6.45, 7) is 0. The highest BCUT2D eigenvalue weighted by molar-refractivity contribution is 6.14. The first-order valence-corrected chi connectivity index (χ1v) is 13.5. The first-order chi connectivity index (χ1) is 22.5. The molecule has 0 amide bonds. The minimum Gasteiger partial charge on any atom is -0.364 e. The molecule has 6 aromatic rings. The van der Waals surface area contributed by atoms with Gasteiger partial charge in [0.1, 0.15) is 5.56 Å². The van der Waals surface area contributed by atoms with Gasteiger partial charge in [-0.2, -0.15) is 0 Å². The molecule has 0 aliphatic heterocycles. The van der Waals surface area contributed by atoms with Crippen LogP contribution in [-0.4, -0.2) is 15.8 Å². The Bertz CT molecular complexity index is 2100. The van der Waals surface area contributed by atoms with Crippen molar-refractivity contribution < 1.29 is 48.7 Å². The Morgan fingerprint density at radius 2 is 0.957 bits per heavy atom. The summed E-state index contributed by atoms with van der Waals surface area (Å²) in [5.41, 5.74) is -4.68. The largest absolute Gasteiger partial charge is 0.364 e. The van der Waals surface area contributed by atoms with Gasteiger partial charge in [0.15, 0.2) is 46.5 Å². The average molecular weight is 658 g/mol. The predicted molar refractivity (Wildman–Crippen MR) is 149 cm³/mol. The van der Waals surface area contributed by atoms with Gasteiger partial charge in [-0.3, -0.25) is 4.79 Å². The molecule has 2 heterocycles. The number of rotatable bonds is 7. The summed E-state index contributed by atoms with van der Waals surface area (Å²) in [6, 6.07) is 17.4. The number of halogens is 10. The fourth-order valence-corrected chi connectivity index (χ4v) is 5.49. The molecule has 0 bridgehead atoms. The number of H-pyrrole nitrogens is 2. The van der Waals surface area contributed by atoms with Crippen LogP contribution in [0.1, 0.15) is 38.9 Å². The molecule has 2 aromatic heterocycles. The molecule has 47 heavy (non-hydrogen) atoms. The summed E-state index contributed by atoms with van der Waals surface area (Å²) in [4.78, 5) is 19.1. The number of benzene rings is 4. The molecule has 3 nitrogen and oxygen atoms in total. The second kappa shape index (κ2) is 12.0. The van der Waals surface area contributed by atoms with E-state index in [4.69, 9.17) is 0 Å². The van der Waals surface area contributed by atoms with Gasteiger partial charge in [-0.15, -0.1) is 0 Å². The lowest BCUT2D eigenvalue weighted by Gasteiger charge is -2.20. The van der Waals surface area contributed by atoms with Crippen molar-refractivity contribution in [2.45, 2.75) is 5.92 Å². The van der Waals surface area contributed by atoms with Gasteiger partial charge in [0.2, 0.25) is 17.4 Å². The maximum atomic E-state index is 15.5. The van der Waals surface area contributed by atoms with Gasteiger partial charge in [-0.25, -0.2) is 43.9 Å². The number of nitrogens with one attached hydrogen (secondary N) is 2. The molecule has 0 spiro atoms. The summed E-state index contributed by atoms with van der Waals surface area (Å²) >= 11 is 0. The summed E-state index contributed by atoms with van der Waals surface area (Å²) in [5, 5.41) is 0. The number of aromatic amines is 2. The summed E-state index contributed by atoms with van der Waals surface area (Å²) in [6.07, 6.45) is 1.28. The molecule has 0 saturated carbocycles. The Morgan fingerprint density at radius 1 is 0.511 bits per heavy atom. The van der Waals surface area contributed by atoms with Crippen LogP contribution in [0.4, 0.5) is 43.9 Å². The molecule has 1 atom stereocenters. The summed E-state index contributed by atoms with van der Waals surface area (Å²) < 4.78 is 147. The predicted octanol–water partition coefficient (Wildman–Crippen LogP) is 9.48. The van der Waals surface area contributed by atoms with Crippen molar-refractivity contribution in [3.63, 3.8) is 0 Å². The van der Waals surface area contributed by atoms with Crippen molar-refractivity contribution in [2.75, 3.05) is 0 Å². The Labute approximate surface area is 258 Å². The first kappa shape index (κ1) is 31.4. The lowest BCUT2D eigenvalue weighted by Crippen LogP contribution is -2.16. The smallest absolute Gasteiger partial charge is 0.215 e. The van der Waals surface area contributed by atoms with Crippen molar-refractivity contribution in [2.24, 2.45) is 0 Å². The van der Waals surface area contributed by atoms with Crippen LogP contribution in [-0.2, 0) is 0 Å². The molecule has 0 radical (unpaired) electrons. The van der Waals surface area contributed by atoms with E-state index in [9.17, 15) is 31.1 Å². The maximum Gasteiger partial charge on any atom is 0.215 e. The number of hydrogen-bond acceptors (Lipinski definition) is 1. The van der Waals surface area contributed by atoms with Gasteiger partial charge in [0, 0.05) is 34.3 Å². The van der Waals surface area contributed by atoms with E-state index in [1.165, 1.54) is 66.9 Å². The minimum absolute atomic E-state index is 0.115. The third kappa shape index (κ3) is 4.98. The van der Waals surface area contributed by atoms with E-state index in [-0.39, 0.29) is 27.9 Å². The van der Waals surface area contributed by atoms with Crippen molar-refractivity contribution in [3.05, 3.63) is 165 Å². The van der Waals surface area contributed by atoms with Gasteiger partial charge >= 0.3 is 0 Å². The third-order valence-corrected chi connectivity index (χ3v) is 7.57. The van der Waals surface area contributed by atoms with Crippen LogP contribution in [0.25, 0.3) is 22.3 Å². The molecular weight excluding hydrogens is 642 g/mol. The molecule has 2 N–H and O–H groups in total. The van der Waals surface area contributed by atoms with Gasteiger partial charge in [0.05, 0.1) is 11.6 Å². The van der Waals surface area contributed by atoms with Crippen LogP contribution < -0.4 is 0 Å². The summed E-state index contributed by atoms with van der Waals surface area (Å²) in [5.74, 6) is -27.4. The molecular formula is C34H16F10N2O. The molecule has 6 rings (SSSR count). The van der Waals surface area contributed by atoms with Crippen molar-refractivity contribution in [1.82, 2.24) is 9.97 Å². The SMILES string of the molecule is O=C(c1[nH]c(C(c2ccc[nH]2)c2c(F)c(F)c(F)c(F)c2F)c(-c2ccccc2)c1-c1ccccc1)c1c(F)c(F)c(F)c(F)c1F. The highest BCUT2D eigenvalue weighted by Gasteiger charge is 2.39. The summed E-state index contributed by atoms with van der Waals surface area (Å²) in [7, 11) is 0. The highest BCUT2D eigenvalue weighted by Crippen LogP contribution is 2.47. The molecule has 0 aliphatic carbocycles. The van der Waals surface area contributed by atoms with E-state index in [1.54, 1.807) is 12.1 Å². The zero-order valence-electron chi connectivity index (χ0n) is 23.3. The molecule has 1 unspecified atom stereocenters. The van der Waals surface area contributed by atoms with E-state index in [0.717, 1.165) is 0 Å². The number of aromatic nitrogens is 2. The van der Waals surface area contributed by atoms with E-state index in [1.807, 2.05) is 0 Å². The van der Waals surface area contributed by atoms with Crippen molar-refractivity contribution in [3.8, 4) is 22.3 Å². The second-order valence-corrected chi connectivity index (χ2v) is 10.2. The topological polar surface area (TPSA) is 48.6 Å². The van der Waals surface area contributed by atoms with Crippen LogP contribution in [0.3, 0.4) is 0 Å². The first-order valence-electron chi connectivity index (χ1n) is 13.5. The molecule has 0 aliphatic rings. The monoisotopic (exact) mass is 658 g/mol. The quantitative estimate of drug-likeness (QED) is 0.0764. The van der Waals surface area contributed by atoms with E-state index >= 15 is 17.6 Å². The molecule has 0 saturated heterocycles. The van der Waals surface area contributed by atoms with Crippen molar-refractivity contribution >= 4 is 5.78 Å². The Morgan fingerprint density at radius 3 is 1.43 bits per heavy atom. The van der Waals surface area contributed by atoms with Gasteiger partial charge < -0.3 is 9.97 Å². The average Bonchev–Trinajstić information content (AvgIpc) is 3.76. The molecule has 0 fully saturated rings. The standard InChI is InChI=1S/C34H16F10N2O/c35-22-20(23(36)27(40)30(43)26(22)39)19(16-12-7-13-45-16)32-17(14-8-3-1-4-9-14)18(15-10-5-2-6-11-15)33(46-32)34(47)21-24(37)28(41)31(44)29(42)25(21)38/h1-13,19,45-46H. The molecule has 13 heteroatoms. The third-order valence-electron chi connectivity index (χ3n) is 7.57. The zero-order chi connectivity index (χ0) is 33.7. The van der Waals surface area contributed by atoms with Gasteiger partial charge in [0.25, 0.3) is 0 Å². The van der Waals surface area contributed by atoms with Gasteiger partial charge in [-0.1, -0.05) is 60.7 Å². The van der Waals surface area contributed by atoms with Crippen LogP contribution in [0.5, 0.6) is 0 Å². The van der Waals surface area contributed by atoms with Crippen molar-refractivity contribution in [1.29, 1.82) is 0 Å². The number of carbonyl (C=O) groups is 1. The molecule has 238 valence electrons. The Kier molecular flexibility index (Phi) is 8.00. The highest BCUT2D eigenvalue weighted by atomic mass is 19.2. The zero-order valence-corrected chi connectivity index (χ0v) is 23.3. The Hall–Kier alpha value is -5.59. The van der Waals surface area contributed by atoms with E-state index in [0.29, 0.717) is 0 Å². The van der Waals surface area contributed by atoms with Crippen LogP contribution in [0, 0.1) is 58.2 Å².